The van der Waals surface area contributed by atoms with E-state index < -0.39 is 0 Å². The van der Waals surface area contributed by atoms with Crippen LogP contribution in [-0.2, 0) is 0 Å². The average Bonchev–Trinajstić information content (AvgIpc) is 2.64. The number of carbonyl (C=O) groups is 1. The molecule has 24 heavy (non-hydrogen) atoms. The molecule has 0 bridgehead atoms. The van der Waals surface area contributed by atoms with Crippen molar-refractivity contribution in [3.63, 3.8) is 0 Å². The predicted molar refractivity (Wildman–Crippen MR) is 93.6 cm³/mol. The molecule has 2 heterocycles. The van der Waals surface area contributed by atoms with Gasteiger partial charge in [0.15, 0.2) is 0 Å². The zero-order valence-corrected chi connectivity index (χ0v) is 14.6. The molecule has 1 aromatic rings. The topological polar surface area (TPSA) is 70.2 Å². The Labute approximate surface area is 144 Å². The molecular formula is C18H29N5O. The van der Waals surface area contributed by atoms with Crippen molar-refractivity contribution in [2.24, 2.45) is 0 Å². The fourth-order valence-corrected chi connectivity index (χ4v) is 3.74. The van der Waals surface area contributed by atoms with Crippen molar-refractivity contribution >= 4 is 6.03 Å². The van der Waals surface area contributed by atoms with Gasteiger partial charge in [0.05, 0.1) is 5.69 Å². The molecule has 1 atom stereocenters. The molecule has 6 heteroatoms. The highest BCUT2D eigenvalue weighted by molar-refractivity contribution is 5.74. The summed E-state index contributed by atoms with van der Waals surface area (Å²) in [6.07, 6.45) is 13.3. The highest BCUT2D eigenvalue weighted by Crippen LogP contribution is 2.19. The molecule has 0 spiro atoms. The van der Waals surface area contributed by atoms with Crippen LogP contribution in [0, 0.1) is 0 Å². The highest BCUT2D eigenvalue weighted by Gasteiger charge is 2.25. The van der Waals surface area contributed by atoms with Gasteiger partial charge in [0.25, 0.3) is 0 Å². The Bertz CT molecular complexity index is 509. The Balaban J connectivity index is 1.41. The van der Waals surface area contributed by atoms with E-state index in [4.69, 9.17) is 0 Å². The lowest BCUT2D eigenvalue weighted by Gasteiger charge is -2.35. The molecule has 132 valence electrons. The van der Waals surface area contributed by atoms with Gasteiger partial charge in [-0.2, -0.15) is 0 Å². The monoisotopic (exact) mass is 331 g/mol. The number of nitrogens with one attached hydrogen (secondary N) is 2. The maximum atomic E-state index is 12.4. The van der Waals surface area contributed by atoms with Gasteiger partial charge in [-0.3, -0.25) is 9.97 Å². The first-order valence-corrected chi connectivity index (χ1v) is 9.30. The zero-order valence-electron chi connectivity index (χ0n) is 14.6. The van der Waals surface area contributed by atoms with Gasteiger partial charge in [-0.1, -0.05) is 19.3 Å². The smallest absolute Gasteiger partial charge is 0.317 e. The van der Waals surface area contributed by atoms with Crippen LogP contribution in [0.4, 0.5) is 4.79 Å². The number of aromatic nitrogens is 2. The summed E-state index contributed by atoms with van der Waals surface area (Å²) in [7, 11) is 0. The molecule has 0 radical (unpaired) electrons. The summed E-state index contributed by atoms with van der Waals surface area (Å²) in [5, 5.41) is 6.83. The minimum Gasteiger partial charge on any atom is -0.335 e. The Morgan fingerprint density at radius 2 is 1.88 bits per heavy atom. The number of rotatable bonds is 4. The van der Waals surface area contributed by atoms with E-state index in [1.165, 1.54) is 19.3 Å². The lowest BCUT2D eigenvalue weighted by Crippen LogP contribution is -2.51. The van der Waals surface area contributed by atoms with E-state index in [0.29, 0.717) is 12.1 Å². The summed E-state index contributed by atoms with van der Waals surface area (Å²) in [6.45, 7) is 3.76. The van der Waals surface area contributed by atoms with Crippen molar-refractivity contribution in [3.8, 4) is 0 Å². The lowest BCUT2D eigenvalue weighted by atomic mass is 9.95. The molecule has 1 aromatic heterocycles. The van der Waals surface area contributed by atoms with Crippen LogP contribution in [0.15, 0.2) is 18.6 Å². The molecule has 2 N–H and O–H groups in total. The maximum absolute atomic E-state index is 12.4. The molecule has 2 amide bonds. The Kier molecular flexibility index (Phi) is 6.01. The molecule has 1 aliphatic heterocycles. The van der Waals surface area contributed by atoms with Crippen molar-refractivity contribution in [2.45, 2.75) is 70.0 Å². The first-order chi connectivity index (χ1) is 11.7. The van der Waals surface area contributed by atoms with Crippen LogP contribution in [0.1, 0.15) is 63.6 Å². The second-order valence-electron chi connectivity index (χ2n) is 7.06. The highest BCUT2D eigenvalue weighted by atomic mass is 16.2. The molecular weight excluding hydrogens is 302 g/mol. The first-order valence-electron chi connectivity index (χ1n) is 9.30. The summed E-state index contributed by atoms with van der Waals surface area (Å²) in [5.41, 5.74) is 0.968. The van der Waals surface area contributed by atoms with Gasteiger partial charge in [-0.25, -0.2) is 4.79 Å². The van der Waals surface area contributed by atoms with E-state index >= 15 is 0 Å². The van der Waals surface area contributed by atoms with Crippen LogP contribution in [-0.4, -0.2) is 46.1 Å². The van der Waals surface area contributed by atoms with Gasteiger partial charge in [0.1, 0.15) is 0 Å². The standard InChI is InChI=1S/C18H29N5O/c1-14(17-13-19-9-10-20-17)21-16-7-11-23(12-8-16)18(24)22-15-5-3-2-4-6-15/h9-10,13-16,21H,2-8,11-12H2,1H3,(H,22,24)/t14-/m0/s1. The van der Waals surface area contributed by atoms with Crippen LogP contribution >= 0.6 is 0 Å². The molecule has 3 rings (SSSR count). The SMILES string of the molecule is C[C@H](NC1CCN(C(=O)NC2CCCCC2)CC1)c1cnccn1. The molecule has 2 aliphatic rings. The van der Waals surface area contributed by atoms with Gasteiger partial charge in [0, 0.05) is 49.8 Å². The molecule has 1 saturated heterocycles. The van der Waals surface area contributed by atoms with E-state index in [0.717, 1.165) is 44.5 Å². The lowest BCUT2D eigenvalue weighted by molar-refractivity contribution is 0.168. The van der Waals surface area contributed by atoms with Crippen LogP contribution in [0.5, 0.6) is 0 Å². The number of urea groups is 1. The minimum absolute atomic E-state index is 0.127. The second kappa shape index (κ2) is 8.42. The summed E-state index contributed by atoms with van der Waals surface area (Å²) < 4.78 is 0. The van der Waals surface area contributed by atoms with Crippen LogP contribution in [0.25, 0.3) is 0 Å². The molecule has 6 nitrogen and oxygen atoms in total. The minimum atomic E-state index is 0.127. The van der Waals surface area contributed by atoms with Crippen molar-refractivity contribution in [1.29, 1.82) is 0 Å². The van der Waals surface area contributed by atoms with Gasteiger partial charge < -0.3 is 15.5 Å². The van der Waals surface area contributed by atoms with Crippen LogP contribution in [0.2, 0.25) is 0 Å². The number of amides is 2. The average molecular weight is 331 g/mol. The first kappa shape index (κ1) is 17.1. The third-order valence-electron chi connectivity index (χ3n) is 5.23. The zero-order chi connectivity index (χ0) is 16.8. The summed E-state index contributed by atoms with van der Waals surface area (Å²) >= 11 is 0. The molecule has 0 aromatic carbocycles. The predicted octanol–water partition coefficient (Wildman–Crippen LogP) is 2.63. The van der Waals surface area contributed by atoms with Crippen molar-refractivity contribution < 1.29 is 4.79 Å². The largest absolute Gasteiger partial charge is 0.335 e. The number of hydrogen-bond acceptors (Lipinski definition) is 4. The number of piperidine rings is 1. The quantitative estimate of drug-likeness (QED) is 0.890. The van der Waals surface area contributed by atoms with E-state index in [1.54, 1.807) is 12.4 Å². The van der Waals surface area contributed by atoms with Crippen molar-refractivity contribution in [1.82, 2.24) is 25.5 Å². The van der Waals surface area contributed by atoms with E-state index in [2.05, 4.69) is 27.5 Å². The van der Waals surface area contributed by atoms with E-state index in [-0.39, 0.29) is 12.1 Å². The van der Waals surface area contributed by atoms with E-state index in [1.807, 2.05) is 11.1 Å². The van der Waals surface area contributed by atoms with Crippen LogP contribution in [0.3, 0.4) is 0 Å². The van der Waals surface area contributed by atoms with Crippen LogP contribution < -0.4 is 10.6 Å². The third kappa shape index (κ3) is 4.66. The molecule has 2 fully saturated rings. The normalized spacial score (nSPS) is 21.5. The molecule has 0 unspecified atom stereocenters. The van der Waals surface area contributed by atoms with Crippen molar-refractivity contribution in [3.05, 3.63) is 24.3 Å². The van der Waals surface area contributed by atoms with Gasteiger partial charge >= 0.3 is 6.03 Å². The Morgan fingerprint density at radius 3 is 2.54 bits per heavy atom. The summed E-state index contributed by atoms with van der Waals surface area (Å²) in [6, 6.07) is 1.13. The van der Waals surface area contributed by atoms with Gasteiger partial charge in [-0.15, -0.1) is 0 Å². The third-order valence-corrected chi connectivity index (χ3v) is 5.23. The maximum Gasteiger partial charge on any atom is 0.317 e. The Morgan fingerprint density at radius 1 is 1.12 bits per heavy atom. The molecule has 1 saturated carbocycles. The number of likely N-dealkylation sites (tertiary alicyclic amines) is 1. The fraction of sp³-hybridized carbons (Fsp3) is 0.722. The molecule has 1 aliphatic carbocycles. The number of hydrogen-bond donors (Lipinski definition) is 2. The summed E-state index contributed by atoms with van der Waals surface area (Å²) in [5.74, 6) is 0. The summed E-state index contributed by atoms with van der Waals surface area (Å²) in [4.78, 5) is 22.8. The number of nitrogens with zero attached hydrogens (tertiary/aromatic N) is 3. The van der Waals surface area contributed by atoms with Gasteiger partial charge in [-0.05, 0) is 32.6 Å². The number of carbonyl (C=O) groups excluding carboxylic acids is 1. The Hall–Kier alpha value is -1.69. The van der Waals surface area contributed by atoms with E-state index in [9.17, 15) is 4.79 Å². The second-order valence-corrected chi connectivity index (χ2v) is 7.06. The van der Waals surface area contributed by atoms with Crippen molar-refractivity contribution in [2.75, 3.05) is 13.1 Å². The fourth-order valence-electron chi connectivity index (χ4n) is 3.74. The van der Waals surface area contributed by atoms with Gasteiger partial charge in [0.2, 0.25) is 0 Å².